The van der Waals surface area contributed by atoms with E-state index in [1.165, 1.54) is 0 Å². The quantitative estimate of drug-likeness (QED) is 0.743. The predicted molar refractivity (Wildman–Crippen MR) is 67.0 cm³/mol. The van der Waals surface area contributed by atoms with E-state index in [4.69, 9.17) is 10.8 Å². The molecule has 0 radical (unpaired) electrons. The van der Waals surface area contributed by atoms with Crippen LogP contribution >= 0.6 is 0 Å². The first-order chi connectivity index (χ1) is 8.50. The van der Waals surface area contributed by atoms with Crippen molar-refractivity contribution in [3.63, 3.8) is 0 Å². The molecule has 2 aliphatic rings. The van der Waals surface area contributed by atoms with Crippen molar-refractivity contribution in [3.05, 3.63) is 0 Å². The van der Waals surface area contributed by atoms with Gasteiger partial charge in [0, 0.05) is 24.5 Å². The summed E-state index contributed by atoms with van der Waals surface area (Å²) < 4.78 is 0. The van der Waals surface area contributed by atoms with Gasteiger partial charge in [0.1, 0.15) is 0 Å². The van der Waals surface area contributed by atoms with Crippen molar-refractivity contribution < 1.29 is 14.7 Å². The fraction of sp³-hybridized carbons (Fsp3) is 0.846. The molecule has 5 nitrogen and oxygen atoms in total. The lowest BCUT2D eigenvalue weighted by atomic mass is 9.94. The molecule has 3 N–H and O–H groups in total. The van der Waals surface area contributed by atoms with Crippen LogP contribution in [0.25, 0.3) is 0 Å². The molecule has 2 rings (SSSR count). The second kappa shape index (κ2) is 5.26. The number of rotatable bonds is 6. The van der Waals surface area contributed by atoms with E-state index >= 15 is 0 Å². The highest BCUT2D eigenvalue weighted by molar-refractivity contribution is 5.79. The molecule has 18 heavy (non-hydrogen) atoms. The summed E-state index contributed by atoms with van der Waals surface area (Å²) in [5.74, 6) is -0.806. The molecule has 2 fully saturated rings. The summed E-state index contributed by atoms with van der Waals surface area (Å²) in [4.78, 5) is 24.6. The summed E-state index contributed by atoms with van der Waals surface area (Å²) in [5.41, 5.74) is 5.87. The largest absolute Gasteiger partial charge is 0.481 e. The van der Waals surface area contributed by atoms with Crippen molar-refractivity contribution in [1.29, 1.82) is 0 Å². The highest BCUT2D eigenvalue weighted by Crippen LogP contribution is 2.33. The van der Waals surface area contributed by atoms with E-state index in [-0.39, 0.29) is 23.9 Å². The number of carboxylic acid groups (broad SMARTS) is 1. The van der Waals surface area contributed by atoms with Crippen molar-refractivity contribution in [1.82, 2.24) is 4.90 Å². The number of carbonyl (C=O) groups is 2. The molecule has 2 aliphatic carbocycles. The Morgan fingerprint density at radius 2 is 1.89 bits per heavy atom. The van der Waals surface area contributed by atoms with Crippen LogP contribution in [-0.2, 0) is 9.59 Å². The number of hydrogen-bond donors (Lipinski definition) is 2. The summed E-state index contributed by atoms with van der Waals surface area (Å²) >= 11 is 0. The summed E-state index contributed by atoms with van der Waals surface area (Å²) in [6.07, 6.45) is 6.44. The Morgan fingerprint density at radius 1 is 1.28 bits per heavy atom. The van der Waals surface area contributed by atoms with Gasteiger partial charge in [0.2, 0.25) is 5.91 Å². The van der Waals surface area contributed by atoms with Gasteiger partial charge in [-0.15, -0.1) is 0 Å². The minimum atomic E-state index is -0.850. The van der Waals surface area contributed by atoms with E-state index in [0.29, 0.717) is 13.0 Å². The third kappa shape index (κ3) is 3.45. The van der Waals surface area contributed by atoms with Gasteiger partial charge in [-0.2, -0.15) is 0 Å². The molecule has 2 saturated carbocycles. The molecule has 1 amide bonds. The van der Waals surface area contributed by atoms with E-state index in [0.717, 1.165) is 38.5 Å². The number of aliphatic carboxylic acids is 1. The van der Waals surface area contributed by atoms with Crippen LogP contribution in [0.5, 0.6) is 0 Å². The van der Waals surface area contributed by atoms with E-state index in [9.17, 15) is 9.59 Å². The molecule has 0 unspecified atom stereocenters. The van der Waals surface area contributed by atoms with Crippen LogP contribution in [0.15, 0.2) is 0 Å². The van der Waals surface area contributed by atoms with E-state index < -0.39 is 5.97 Å². The Labute approximate surface area is 107 Å². The monoisotopic (exact) mass is 254 g/mol. The van der Waals surface area contributed by atoms with Gasteiger partial charge in [-0.05, 0) is 25.7 Å². The van der Waals surface area contributed by atoms with Crippen LogP contribution in [0.4, 0.5) is 0 Å². The SMILES string of the molecule is NC1(CC(=O)N(CCC(=O)O)C2CC2)CCCC1. The van der Waals surface area contributed by atoms with Crippen LogP contribution in [0.3, 0.4) is 0 Å². The second-order valence-corrected chi connectivity index (χ2v) is 5.71. The molecule has 102 valence electrons. The molecule has 0 aliphatic heterocycles. The molecule has 0 aromatic heterocycles. The topological polar surface area (TPSA) is 83.6 Å². The van der Waals surface area contributed by atoms with Gasteiger partial charge in [-0.3, -0.25) is 9.59 Å². The molecular weight excluding hydrogens is 232 g/mol. The van der Waals surface area contributed by atoms with E-state index in [1.807, 2.05) is 0 Å². The Bertz CT molecular complexity index is 333. The Kier molecular flexibility index (Phi) is 3.90. The van der Waals surface area contributed by atoms with Gasteiger partial charge < -0.3 is 15.7 Å². The average Bonchev–Trinajstić information content (AvgIpc) is 3.02. The second-order valence-electron chi connectivity index (χ2n) is 5.71. The third-order valence-corrected chi connectivity index (χ3v) is 3.98. The standard InChI is InChI=1S/C13H22N2O3/c14-13(6-1-2-7-13)9-11(16)15(10-3-4-10)8-5-12(17)18/h10H,1-9,14H2,(H,17,18). The molecule has 5 heteroatoms. The van der Waals surface area contributed by atoms with Gasteiger partial charge >= 0.3 is 5.97 Å². The molecule has 0 atom stereocenters. The molecule has 0 heterocycles. The van der Waals surface area contributed by atoms with Gasteiger partial charge in [-0.1, -0.05) is 12.8 Å². The van der Waals surface area contributed by atoms with Gasteiger partial charge in [0.05, 0.1) is 6.42 Å². The van der Waals surface area contributed by atoms with Gasteiger partial charge in [0.25, 0.3) is 0 Å². The maximum atomic E-state index is 12.3. The fourth-order valence-electron chi connectivity index (χ4n) is 2.77. The number of nitrogens with zero attached hydrogens (tertiary/aromatic N) is 1. The molecular formula is C13H22N2O3. The molecule has 0 aromatic rings. The van der Waals surface area contributed by atoms with Crippen molar-refractivity contribution in [2.45, 2.75) is 62.9 Å². The van der Waals surface area contributed by atoms with Crippen molar-refractivity contribution in [2.24, 2.45) is 5.73 Å². The third-order valence-electron chi connectivity index (χ3n) is 3.98. The Hall–Kier alpha value is -1.10. The zero-order valence-corrected chi connectivity index (χ0v) is 10.7. The zero-order chi connectivity index (χ0) is 13.2. The number of carboxylic acids is 1. The lowest BCUT2D eigenvalue weighted by Crippen LogP contribution is -2.44. The Morgan fingerprint density at radius 3 is 2.39 bits per heavy atom. The number of amides is 1. The summed E-state index contributed by atoms with van der Waals surface area (Å²) in [6.45, 7) is 0.328. The van der Waals surface area contributed by atoms with Crippen molar-refractivity contribution in [2.75, 3.05) is 6.54 Å². The smallest absolute Gasteiger partial charge is 0.305 e. The van der Waals surface area contributed by atoms with Gasteiger partial charge in [-0.25, -0.2) is 0 Å². The number of carbonyl (C=O) groups excluding carboxylic acids is 1. The molecule has 0 saturated heterocycles. The van der Waals surface area contributed by atoms with Crippen LogP contribution < -0.4 is 5.73 Å². The molecule has 0 spiro atoms. The van der Waals surface area contributed by atoms with Crippen LogP contribution in [0.1, 0.15) is 51.4 Å². The predicted octanol–water partition coefficient (Wildman–Crippen LogP) is 1.11. The first-order valence-corrected chi connectivity index (χ1v) is 6.80. The minimum absolute atomic E-state index is 0.0276. The van der Waals surface area contributed by atoms with Gasteiger partial charge in [0.15, 0.2) is 0 Å². The van der Waals surface area contributed by atoms with E-state index in [1.54, 1.807) is 4.90 Å². The fourth-order valence-corrected chi connectivity index (χ4v) is 2.77. The van der Waals surface area contributed by atoms with Crippen LogP contribution in [0, 0.1) is 0 Å². The van der Waals surface area contributed by atoms with Crippen molar-refractivity contribution in [3.8, 4) is 0 Å². The molecule has 0 bridgehead atoms. The molecule has 0 aromatic carbocycles. The summed E-state index contributed by atoms with van der Waals surface area (Å²) in [6, 6.07) is 0.266. The average molecular weight is 254 g/mol. The van der Waals surface area contributed by atoms with Crippen LogP contribution in [0.2, 0.25) is 0 Å². The highest BCUT2D eigenvalue weighted by atomic mass is 16.4. The normalized spacial score (nSPS) is 21.8. The first-order valence-electron chi connectivity index (χ1n) is 6.80. The zero-order valence-electron chi connectivity index (χ0n) is 10.7. The Balaban J connectivity index is 1.89. The lowest BCUT2D eigenvalue weighted by molar-refractivity contribution is -0.139. The van der Waals surface area contributed by atoms with Crippen LogP contribution in [-0.4, -0.2) is 40.0 Å². The number of nitrogens with two attached hydrogens (primary N) is 1. The number of hydrogen-bond acceptors (Lipinski definition) is 3. The minimum Gasteiger partial charge on any atom is -0.481 e. The maximum Gasteiger partial charge on any atom is 0.305 e. The maximum absolute atomic E-state index is 12.3. The van der Waals surface area contributed by atoms with E-state index in [2.05, 4.69) is 0 Å². The van der Waals surface area contributed by atoms with Crippen molar-refractivity contribution >= 4 is 11.9 Å². The first kappa shape index (κ1) is 13.3. The highest BCUT2D eigenvalue weighted by Gasteiger charge is 2.37. The lowest BCUT2D eigenvalue weighted by Gasteiger charge is -2.28. The summed E-state index contributed by atoms with van der Waals surface area (Å²) in [5, 5.41) is 8.72. The summed E-state index contributed by atoms with van der Waals surface area (Å²) in [7, 11) is 0.